The van der Waals surface area contributed by atoms with E-state index < -0.39 is 6.10 Å². The van der Waals surface area contributed by atoms with Gasteiger partial charge < -0.3 is 23.8 Å². The maximum absolute atomic E-state index is 12.8. The number of amides is 2. The van der Waals surface area contributed by atoms with Crippen molar-refractivity contribution >= 4 is 11.8 Å². The molecule has 0 spiro atoms. The lowest BCUT2D eigenvalue weighted by molar-refractivity contribution is -0.146. The molecule has 0 aliphatic carbocycles. The molecule has 2 aromatic rings. The summed E-state index contributed by atoms with van der Waals surface area (Å²) in [7, 11) is 0. The van der Waals surface area contributed by atoms with Crippen LogP contribution in [0, 0.1) is 13.8 Å². The van der Waals surface area contributed by atoms with Crippen LogP contribution in [-0.4, -0.2) is 65.7 Å². The molecule has 8 heteroatoms. The molecule has 8 nitrogen and oxygen atoms in total. The maximum Gasteiger partial charge on any atom is 0.267 e. The molecular formula is C20H23N3O5. The summed E-state index contributed by atoms with van der Waals surface area (Å²) in [5.41, 5.74) is 1.59. The summed E-state index contributed by atoms with van der Waals surface area (Å²) in [6.07, 6.45) is -0.384. The quantitative estimate of drug-likeness (QED) is 0.793. The van der Waals surface area contributed by atoms with E-state index in [2.05, 4.69) is 5.16 Å². The van der Waals surface area contributed by atoms with Gasteiger partial charge in [0.2, 0.25) is 12.0 Å². The molecule has 1 saturated heterocycles. The summed E-state index contributed by atoms with van der Waals surface area (Å²) in [4.78, 5) is 28.9. The fraction of sp³-hybridized carbons (Fsp3) is 0.450. The van der Waals surface area contributed by atoms with Crippen molar-refractivity contribution in [2.24, 2.45) is 0 Å². The van der Waals surface area contributed by atoms with E-state index in [0.29, 0.717) is 43.4 Å². The van der Waals surface area contributed by atoms with Gasteiger partial charge in [0.15, 0.2) is 11.5 Å². The standard InChI is InChI=1S/C20H23N3O5/c1-13-15(14(2)28-21-13)11-19(24)22-7-9-23(10-8-22)20(25)18-12-26-16-5-3-4-6-17(16)27-18/h3-6,18H,7-12H2,1-2H3/t18-/m1/s1. The molecule has 1 aromatic heterocycles. The van der Waals surface area contributed by atoms with Crippen LogP contribution in [-0.2, 0) is 16.0 Å². The lowest BCUT2D eigenvalue weighted by Gasteiger charge is -2.37. The average Bonchev–Trinajstić information content (AvgIpc) is 3.05. The van der Waals surface area contributed by atoms with Crippen LogP contribution in [0.4, 0.5) is 0 Å². The summed E-state index contributed by atoms with van der Waals surface area (Å²) >= 11 is 0. The summed E-state index contributed by atoms with van der Waals surface area (Å²) in [6.45, 7) is 5.79. The van der Waals surface area contributed by atoms with E-state index in [4.69, 9.17) is 14.0 Å². The smallest absolute Gasteiger partial charge is 0.267 e. The average molecular weight is 385 g/mol. The highest BCUT2D eigenvalue weighted by atomic mass is 16.6. The number of carbonyl (C=O) groups excluding carboxylic acids is 2. The number of aryl methyl sites for hydroxylation is 2. The largest absolute Gasteiger partial charge is 0.485 e. The van der Waals surface area contributed by atoms with E-state index in [1.165, 1.54) is 0 Å². The molecular weight excluding hydrogens is 362 g/mol. The molecule has 0 bridgehead atoms. The number of hydrogen-bond donors (Lipinski definition) is 0. The van der Waals surface area contributed by atoms with Crippen LogP contribution in [0.15, 0.2) is 28.8 Å². The van der Waals surface area contributed by atoms with Gasteiger partial charge in [0.05, 0.1) is 12.1 Å². The molecule has 0 saturated carbocycles. The molecule has 2 amide bonds. The second-order valence-corrected chi connectivity index (χ2v) is 7.05. The van der Waals surface area contributed by atoms with Crippen LogP contribution >= 0.6 is 0 Å². The minimum atomic E-state index is -0.653. The van der Waals surface area contributed by atoms with Crippen LogP contribution in [0.5, 0.6) is 11.5 Å². The number of para-hydroxylation sites is 2. The Morgan fingerprint density at radius 1 is 1.07 bits per heavy atom. The van der Waals surface area contributed by atoms with Crippen LogP contribution < -0.4 is 9.47 Å². The first-order valence-corrected chi connectivity index (χ1v) is 9.39. The van der Waals surface area contributed by atoms with Crippen molar-refractivity contribution in [1.82, 2.24) is 15.0 Å². The normalized spacial score (nSPS) is 18.9. The zero-order valence-corrected chi connectivity index (χ0v) is 16.0. The highest BCUT2D eigenvalue weighted by Gasteiger charge is 2.33. The van der Waals surface area contributed by atoms with Crippen molar-refractivity contribution in [2.75, 3.05) is 32.8 Å². The van der Waals surface area contributed by atoms with Crippen molar-refractivity contribution in [3.8, 4) is 11.5 Å². The second-order valence-electron chi connectivity index (χ2n) is 7.05. The van der Waals surface area contributed by atoms with Gasteiger partial charge in [-0.15, -0.1) is 0 Å². The topological polar surface area (TPSA) is 85.1 Å². The first kappa shape index (κ1) is 18.3. The predicted octanol–water partition coefficient (Wildman–Crippen LogP) is 1.34. The molecule has 0 unspecified atom stereocenters. The molecule has 3 heterocycles. The monoisotopic (exact) mass is 385 g/mol. The zero-order valence-electron chi connectivity index (χ0n) is 16.0. The van der Waals surface area contributed by atoms with Crippen LogP contribution in [0.25, 0.3) is 0 Å². The van der Waals surface area contributed by atoms with E-state index >= 15 is 0 Å². The summed E-state index contributed by atoms with van der Waals surface area (Å²) in [5.74, 6) is 1.83. The maximum atomic E-state index is 12.8. The number of rotatable bonds is 3. The summed E-state index contributed by atoms with van der Waals surface area (Å²) in [5, 5.41) is 3.89. The molecule has 1 atom stereocenters. The third kappa shape index (κ3) is 3.54. The van der Waals surface area contributed by atoms with Gasteiger partial charge in [0.1, 0.15) is 12.4 Å². The van der Waals surface area contributed by atoms with E-state index in [0.717, 1.165) is 11.3 Å². The first-order chi connectivity index (χ1) is 13.5. The lowest BCUT2D eigenvalue weighted by atomic mass is 10.1. The zero-order chi connectivity index (χ0) is 19.7. The SMILES string of the molecule is Cc1noc(C)c1CC(=O)N1CCN(C(=O)[C@H]2COc3ccccc3O2)CC1. The van der Waals surface area contributed by atoms with Crippen molar-refractivity contribution in [3.63, 3.8) is 0 Å². The van der Waals surface area contributed by atoms with E-state index in [-0.39, 0.29) is 24.8 Å². The van der Waals surface area contributed by atoms with E-state index in [9.17, 15) is 9.59 Å². The number of hydrogen-bond acceptors (Lipinski definition) is 6. The second kappa shape index (κ2) is 7.53. The van der Waals surface area contributed by atoms with Gasteiger partial charge >= 0.3 is 0 Å². The molecule has 2 aliphatic heterocycles. The Labute approximate surface area is 163 Å². The van der Waals surface area contributed by atoms with Gasteiger partial charge in [-0.25, -0.2) is 0 Å². The minimum absolute atomic E-state index is 0.0210. The molecule has 28 heavy (non-hydrogen) atoms. The Hall–Kier alpha value is -3.03. The Kier molecular flexibility index (Phi) is 4.93. The van der Waals surface area contributed by atoms with Gasteiger partial charge in [-0.1, -0.05) is 17.3 Å². The molecule has 0 N–H and O–H groups in total. The first-order valence-electron chi connectivity index (χ1n) is 9.39. The number of piperazine rings is 1. The van der Waals surface area contributed by atoms with Gasteiger partial charge in [-0.05, 0) is 26.0 Å². The highest BCUT2D eigenvalue weighted by molar-refractivity contribution is 5.83. The summed E-state index contributed by atoms with van der Waals surface area (Å²) < 4.78 is 16.6. The Bertz CT molecular complexity index is 866. The number of nitrogens with zero attached hydrogens (tertiary/aromatic N) is 3. The fourth-order valence-electron chi connectivity index (χ4n) is 3.54. The molecule has 2 aliphatic rings. The molecule has 1 fully saturated rings. The van der Waals surface area contributed by atoms with Gasteiger partial charge in [-0.3, -0.25) is 9.59 Å². The number of aromatic nitrogens is 1. The number of fused-ring (bicyclic) bond motifs is 1. The van der Waals surface area contributed by atoms with Crippen molar-refractivity contribution < 1.29 is 23.6 Å². The molecule has 4 rings (SSSR count). The predicted molar refractivity (Wildman–Crippen MR) is 99.2 cm³/mol. The van der Waals surface area contributed by atoms with Crippen LogP contribution in [0.3, 0.4) is 0 Å². The lowest BCUT2D eigenvalue weighted by Crippen LogP contribution is -2.55. The van der Waals surface area contributed by atoms with Gasteiger partial charge in [-0.2, -0.15) is 0 Å². The van der Waals surface area contributed by atoms with E-state index in [1.54, 1.807) is 15.9 Å². The summed E-state index contributed by atoms with van der Waals surface area (Å²) in [6, 6.07) is 7.32. The Morgan fingerprint density at radius 2 is 1.75 bits per heavy atom. The highest BCUT2D eigenvalue weighted by Crippen LogP contribution is 2.31. The fourth-order valence-corrected chi connectivity index (χ4v) is 3.54. The molecule has 1 aromatic carbocycles. The van der Waals surface area contributed by atoms with Crippen LogP contribution in [0.1, 0.15) is 17.0 Å². The van der Waals surface area contributed by atoms with Crippen molar-refractivity contribution in [2.45, 2.75) is 26.4 Å². The number of ether oxygens (including phenoxy) is 2. The third-order valence-corrected chi connectivity index (χ3v) is 5.24. The van der Waals surface area contributed by atoms with Gasteiger partial charge in [0.25, 0.3) is 5.91 Å². The Balaban J connectivity index is 1.32. The van der Waals surface area contributed by atoms with Crippen molar-refractivity contribution in [3.05, 3.63) is 41.3 Å². The Morgan fingerprint density at radius 3 is 2.43 bits per heavy atom. The minimum Gasteiger partial charge on any atom is -0.485 e. The number of carbonyl (C=O) groups is 2. The third-order valence-electron chi connectivity index (χ3n) is 5.24. The van der Waals surface area contributed by atoms with Crippen LogP contribution in [0.2, 0.25) is 0 Å². The molecule has 148 valence electrons. The molecule has 0 radical (unpaired) electrons. The van der Waals surface area contributed by atoms with Gasteiger partial charge in [0, 0.05) is 31.7 Å². The number of benzene rings is 1. The van der Waals surface area contributed by atoms with Crippen molar-refractivity contribution in [1.29, 1.82) is 0 Å². The van der Waals surface area contributed by atoms with E-state index in [1.807, 2.05) is 32.0 Å².